The van der Waals surface area contributed by atoms with Gasteiger partial charge in [0.05, 0.1) is 6.61 Å². The summed E-state index contributed by atoms with van der Waals surface area (Å²) in [5.41, 5.74) is 5.37. The van der Waals surface area contributed by atoms with E-state index in [0.29, 0.717) is 16.6 Å². The van der Waals surface area contributed by atoms with Crippen LogP contribution in [0.1, 0.15) is 85.5 Å². The van der Waals surface area contributed by atoms with Crippen molar-refractivity contribution in [2.24, 2.45) is 0 Å². The molecule has 0 aliphatic carbocycles. The van der Waals surface area contributed by atoms with E-state index in [2.05, 4.69) is 57.4 Å². The number of hydrogen-bond acceptors (Lipinski definition) is 3. The van der Waals surface area contributed by atoms with Crippen molar-refractivity contribution in [3.8, 4) is 5.75 Å². The smallest absolute Gasteiger partial charge is 0.251 e. The quantitative estimate of drug-likeness (QED) is 0.311. The Morgan fingerprint density at radius 1 is 1.06 bits per heavy atom. The number of benzene rings is 2. The van der Waals surface area contributed by atoms with Crippen molar-refractivity contribution in [1.29, 1.82) is 0 Å². The van der Waals surface area contributed by atoms with Crippen LogP contribution in [0.25, 0.3) is 0 Å². The van der Waals surface area contributed by atoms with Gasteiger partial charge >= 0.3 is 0 Å². The van der Waals surface area contributed by atoms with E-state index in [1.165, 1.54) is 16.7 Å². The number of unbranched alkanes of at least 4 members (excludes halogenated alkanes) is 1. The molecule has 2 N–H and O–H groups in total. The highest BCUT2D eigenvalue weighted by atomic mass is 35.5. The Labute approximate surface area is 205 Å². The molecule has 33 heavy (non-hydrogen) atoms. The van der Waals surface area contributed by atoms with Crippen LogP contribution >= 0.6 is 11.6 Å². The van der Waals surface area contributed by atoms with E-state index in [4.69, 9.17) is 16.3 Å². The third-order valence-electron chi connectivity index (χ3n) is 6.27. The summed E-state index contributed by atoms with van der Waals surface area (Å²) in [6.45, 7) is 14.3. The molecule has 182 valence electrons. The summed E-state index contributed by atoms with van der Waals surface area (Å²) in [5.74, 6) is 0.909. The highest BCUT2D eigenvalue weighted by Crippen LogP contribution is 2.25. The highest BCUT2D eigenvalue weighted by Gasteiger charge is 2.17. The van der Waals surface area contributed by atoms with Gasteiger partial charge in [0.1, 0.15) is 5.75 Å². The van der Waals surface area contributed by atoms with Crippen molar-refractivity contribution in [1.82, 2.24) is 10.6 Å². The molecule has 0 bridgehead atoms. The zero-order valence-electron chi connectivity index (χ0n) is 21.2. The first kappa shape index (κ1) is 27.2. The Bertz CT molecular complexity index is 913. The summed E-state index contributed by atoms with van der Waals surface area (Å²) >= 11 is 6.19. The Balaban J connectivity index is 1.95. The molecule has 0 heterocycles. The Kier molecular flexibility index (Phi) is 11.2. The van der Waals surface area contributed by atoms with Crippen LogP contribution in [0.2, 0.25) is 5.02 Å². The van der Waals surface area contributed by atoms with Crippen LogP contribution < -0.4 is 15.4 Å². The Morgan fingerprint density at radius 2 is 1.82 bits per heavy atom. The van der Waals surface area contributed by atoms with Crippen LogP contribution in [0.4, 0.5) is 0 Å². The van der Waals surface area contributed by atoms with Gasteiger partial charge in [-0.25, -0.2) is 0 Å². The van der Waals surface area contributed by atoms with Crippen molar-refractivity contribution in [3.05, 3.63) is 63.2 Å². The molecule has 2 aromatic carbocycles. The van der Waals surface area contributed by atoms with Gasteiger partial charge in [0.2, 0.25) is 0 Å². The fourth-order valence-electron chi connectivity index (χ4n) is 3.96. The molecule has 0 aliphatic heterocycles. The van der Waals surface area contributed by atoms with Gasteiger partial charge in [-0.3, -0.25) is 4.79 Å². The molecule has 0 saturated heterocycles. The largest absolute Gasteiger partial charge is 0.493 e. The van der Waals surface area contributed by atoms with Crippen molar-refractivity contribution in [2.75, 3.05) is 6.61 Å². The van der Waals surface area contributed by atoms with E-state index in [1.807, 2.05) is 19.1 Å². The molecule has 2 atom stereocenters. The first-order chi connectivity index (χ1) is 15.8. The maximum atomic E-state index is 12.6. The van der Waals surface area contributed by atoms with Gasteiger partial charge < -0.3 is 15.4 Å². The lowest BCUT2D eigenvalue weighted by molar-refractivity contribution is 0.0936. The van der Waals surface area contributed by atoms with Crippen molar-refractivity contribution in [2.45, 2.75) is 92.3 Å². The summed E-state index contributed by atoms with van der Waals surface area (Å²) in [4.78, 5) is 12.6. The normalized spacial score (nSPS) is 12.9. The Morgan fingerprint density at radius 3 is 2.48 bits per heavy atom. The summed E-state index contributed by atoms with van der Waals surface area (Å²) in [5, 5.41) is 7.47. The minimum atomic E-state index is -0.0789. The predicted octanol–water partition coefficient (Wildman–Crippen LogP) is 6.91. The van der Waals surface area contributed by atoms with E-state index in [1.54, 1.807) is 6.07 Å². The standard InChI is InChI=1S/C28H41ClN2O2/c1-7-9-15-33-27-14-13-24(21(5)22(27)6)18-30-25(10-8-2)16-20(4)31-28(32)23-12-11-19(3)26(29)17-23/h11-14,17,20,25,30H,7-10,15-16,18H2,1-6H3,(H,31,32). The van der Waals surface area contributed by atoms with E-state index in [9.17, 15) is 4.79 Å². The molecule has 0 spiro atoms. The first-order valence-electron chi connectivity index (χ1n) is 12.3. The van der Waals surface area contributed by atoms with Gasteiger partial charge in [-0.1, -0.05) is 50.4 Å². The summed E-state index contributed by atoms with van der Waals surface area (Å²) < 4.78 is 5.95. The minimum absolute atomic E-state index is 0.0544. The molecular weight excluding hydrogens is 432 g/mol. The zero-order valence-corrected chi connectivity index (χ0v) is 21.9. The summed E-state index contributed by atoms with van der Waals surface area (Å²) in [7, 11) is 0. The molecule has 2 rings (SSSR count). The number of ether oxygens (including phenoxy) is 1. The number of carbonyl (C=O) groups excluding carboxylic acids is 1. The maximum absolute atomic E-state index is 12.6. The average molecular weight is 473 g/mol. The molecule has 2 unspecified atom stereocenters. The molecule has 1 amide bonds. The number of amides is 1. The zero-order chi connectivity index (χ0) is 24.4. The third-order valence-corrected chi connectivity index (χ3v) is 6.68. The van der Waals surface area contributed by atoms with Crippen LogP contribution in [0.3, 0.4) is 0 Å². The molecule has 5 heteroatoms. The maximum Gasteiger partial charge on any atom is 0.251 e. The van der Waals surface area contributed by atoms with E-state index >= 15 is 0 Å². The lowest BCUT2D eigenvalue weighted by Crippen LogP contribution is -2.39. The van der Waals surface area contributed by atoms with Crippen LogP contribution in [-0.2, 0) is 6.54 Å². The van der Waals surface area contributed by atoms with Gasteiger partial charge in [0.15, 0.2) is 0 Å². The predicted molar refractivity (Wildman–Crippen MR) is 140 cm³/mol. The monoisotopic (exact) mass is 472 g/mol. The number of aryl methyl sites for hydroxylation is 1. The van der Waals surface area contributed by atoms with Gasteiger partial charge in [-0.05, 0) is 87.4 Å². The number of rotatable bonds is 13. The fourth-order valence-corrected chi connectivity index (χ4v) is 4.14. The van der Waals surface area contributed by atoms with Crippen LogP contribution in [0, 0.1) is 20.8 Å². The van der Waals surface area contributed by atoms with Crippen LogP contribution in [-0.4, -0.2) is 24.6 Å². The van der Waals surface area contributed by atoms with Gasteiger partial charge in [-0.2, -0.15) is 0 Å². The van der Waals surface area contributed by atoms with Gasteiger partial charge in [0.25, 0.3) is 5.91 Å². The minimum Gasteiger partial charge on any atom is -0.493 e. The van der Waals surface area contributed by atoms with E-state index < -0.39 is 0 Å². The van der Waals surface area contributed by atoms with E-state index in [-0.39, 0.29) is 11.9 Å². The second kappa shape index (κ2) is 13.6. The molecule has 0 saturated carbocycles. The summed E-state index contributed by atoms with van der Waals surface area (Å²) in [6.07, 6.45) is 5.24. The lowest BCUT2D eigenvalue weighted by atomic mass is 10.00. The topological polar surface area (TPSA) is 50.4 Å². The van der Waals surface area contributed by atoms with Gasteiger partial charge in [-0.15, -0.1) is 0 Å². The molecule has 0 aromatic heterocycles. The van der Waals surface area contributed by atoms with Crippen LogP contribution in [0.5, 0.6) is 5.75 Å². The Hall–Kier alpha value is -2.04. The van der Waals surface area contributed by atoms with Crippen molar-refractivity contribution in [3.63, 3.8) is 0 Å². The van der Waals surface area contributed by atoms with Crippen molar-refractivity contribution < 1.29 is 9.53 Å². The first-order valence-corrected chi connectivity index (χ1v) is 12.7. The molecule has 2 aromatic rings. The molecule has 0 fully saturated rings. The van der Waals surface area contributed by atoms with Crippen LogP contribution in [0.15, 0.2) is 30.3 Å². The molecular formula is C28H41ClN2O2. The van der Waals surface area contributed by atoms with Gasteiger partial charge in [0, 0.05) is 29.2 Å². The second-order valence-electron chi connectivity index (χ2n) is 9.12. The second-order valence-corrected chi connectivity index (χ2v) is 9.52. The number of halogens is 1. The fraction of sp³-hybridized carbons (Fsp3) is 0.536. The highest BCUT2D eigenvalue weighted by molar-refractivity contribution is 6.31. The molecule has 0 aliphatic rings. The molecule has 0 radical (unpaired) electrons. The number of nitrogens with one attached hydrogen (secondary N) is 2. The third kappa shape index (κ3) is 8.35. The van der Waals surface area contributed by atoms with E-state index in [0.717, 1.165) is 56.6 Å². The van der Waals surface area contributed by atoms with Crippen molar-refractivity contribution >= 4 is 17.5 Å². The average Bonchev–Trinajstić information content (AvgIpc) is 2.78. The SMILES string of the molecule is CCCCOc1ccc(CNC(CCC)CC(C)NC(=O)c2ccc(C)c(Cl)c2)c(C)c1C. The molecule has 4 nitrogen and oxygen atoms in total. The lowest BCUT2D eigenvalue weighted by Gasteiger charge is -2.24. The number of hydrogen-bond donors (Lipinski definition) is 2. The number of carbonyl (C=O) groups is 1. The summed E-state index contributed by atoms with van der Waals surface area (Å²) in [6, 6.07) is 10.1.